The maximum atomic E-state index is 13.3. The normalized spacial score (nSPS) is 27.1. The number of nitrogens with zero attached hydrogens (tertiary/aromatic N) is 1. The molecule has 0 bridgehead atoms. The van der Waals surface area contributed by atoms with Crippen molar-refractivity contribution in [1.82, 2.24) is 20.9 Å². The molecule has 41 heavy (non-hydrogen) atoms. The minimum atomic E-state index is -0.914. The van der Waals surface area contributed by atoms with Gasteiger partial charge in [-0.15, -0.1) is 0 Å². The molecule has 234 valence electrons. The number of amides is 4. The molecule has 2 rings (SSSR count). The van der Waals surface area contributed by atoms with Crippen molar-refractivity contribution in [3.05, 3.63) is 12.2 Å². The lowest BCUT2D eigenvalue weighted by Crippen LogP contribution is -2.55. The Kier molecular flexibility index (Phi) is 14.5. The van der Waals surface area contributed by atoms with E-state index in [9.17, 15) is 24.3 Å². The van der Waals surface area contributed by atoms with E-state index >= 15 is 0 Å². The van der Waals surface area contributed by atoms with E-state index in [0.29, 0.717) is 37.6 Å². The van der Waals surface area contributed by atoms with Crippen LogP contribution in [0.5, 0.6) is 0 Å². The number of ether oxygens (including phenoxy) is 1. The second-order valence-corrected chi connectivity index (χ2v) is 13.4. The molecule has 0 aromatic heterocycles. The summed E-state index contributed by atoms with van der Waals surface area (Å²) in [5, 5.41) is 19.7. The van der Waals surface area contributed by atoms with Crippen molar-refractivity contribution in [2.45, 2.75) is 104 Å². The molecule has 4 N–H and O–H groups in total. The zero-order chi connectivity index (χ0) is 30.6. The van der Waals surface area contributed by atoms with Crippen LogP contribution >= 0.6 is 11.8 Å². The number of fused-ring (bicyclic) bond motifs is 1. The molecule has 0 unspecified atom stereocenters. The number of likely N-dealkylation sites (tertiary alicyclic amines) is 1. The highest BCUT2D eigenvalue weighted by Gasteiger charge is 2.38. The third kappa shape index (κ3) is 12.2. The Balaban J connectivity index is 2.08. The molecule has 0 aliphatic carbocycles. The fraction of sp³-hybridized carbons (Fsp3) is 0.800. The monoisotopic (exact) mass is 596 g/mol. The van der Waals surface area contributed by atoms with Crippen molar-refractivity contribution >= 4 is 35.6 Å². The van der Waals surface area contributed by atoms with E-state index in [4.69, 9.17) is 4.74 Å². The topological polar surface area (TPSA) is 137 Å². The molecule has 0 aromatic rings. The fourth-order valence-electron chi connectivity index (χ4n) is 5.06. The van der Waals surface area contributed by atoms with E-state index in [2.05, 4.69) is 35.0 Å². The molecule has 6 atom stereocenters. The van der Waals surface area contributed by atoms with Gasteiger partial charge in [0.25, 0.3) is 0 Å². The molecule has 0 radical (unpaired) electrons. The van der Waals surface area contributed by atoms with Gasteiger partial charge in [0, 0.05) is 43.0 Å². The second kappa shape index (κ2) is 17.0. The Labute approximate surface area is 250 Å². The molecule has 0 aromatic carbocycles. The van der Waals surface area contributed by atoms with Crippen molar-refractivity contribution in [1.29, 1.82) is 0 Å². The average Bonchev–Trinajstić information content (AvgIpc) is 2.90. The minimum absolute atomic E-state index is 0.0616. The van der Waals surface area contributed by atoms with Crippen molar-refractivity contribution in [2.75, 3.05) is 31.1 Å². The van der Waals surface area contributed by atoms with Crippen LogP contribution in [0.25, 0.3) is 0 Å². The van der Waals surface area contributed by atoms with E-state index in [-0.39, 0.29) is 42.1 Å². The summed E-state index contributed by atoms with van der Waals surface area (Å²) in [7, 11) is 0. The summed E-state index contributed by atoms with van der Waals surface area (Å²) in [6.45, 7) is 12.4. The lowest BCUT2D eigenvalue weighted by molar-refractivity contribution is -0.133. The Morgan fingerprint density at radius 1 is 1.20 bits per heavy atom. The summed E-state index contributed by atoms with van der Waals surface area (Å²) in [6, 6.07) is -1.37. The molecular formula is C30H52N4O6S. The number of carbonyl (C=O) groups excluding carboxylic acids is 4. The van der Waals surface area contributed by atoms with Crippen LogP contribution in [0.1, 0.15) is 80.1 Å². The third-order valence-electron chi connectivity index (χ3n) is 7.52. The standard InChI is InChI=1S/C30H52N4O6S/c1-7-8-14-31-26(36)20(2)17-25(35)24-19-41-16-11-9-10-12-22-18-34(29(39)40-30(4,5)6)15-13-23(22)28(38)32-21(3)27(37)33-24/h9,11,20-25,35H,7-8,10,12-19H2,1-6H3,(H,31,36)(H,32,38)(H,33,37)/b11-9+/t20-,21+,22-,23+,24+,25+/m1/s1. The summed E-state index contributed by atoms with van der Waals surface area (Å²) in [4.78, 5) is 53.3. The SMILES string of the molecule is CCCCNC(=O)[C@H](C)C[C@H](O)[C@@H]1CSC/C=C/CC[C@@H]2CN(C(=O)OC(C)(C)C)CC[C@@H]2C(=O)N[C@@H](C)C(=O)N1. The molecular weight excluding hydrogens is 544 g/mol. The van der Waals surface area contributed by atoms with Gasteiger partial charge in [-0.05, 0) is 65.7 Å². The van der Waals surface area contributed by atoms with Crippen LogP contribution in [0.4, 0.5) is 4.79 Å². The first-order valence-corrected chi connectivity index (χ1v) is 16.2. The predicted octanol–water partition coefficient (Wildman–Crippen LogP) is 3.24. The molecule has 0 saturated carbocycles. The summed E-state index contributed by atoms with van der Waals surface area (Å²) in [6.07, 6.45) is 6.95. The number of hydrogen-bond donors (Lipinski definition) is 4. The van der Waals surface area contributed by atoms with Gasteiger partial charge in [0.05, 0.1) is 12.1 Å². The highest BCUT2D eigenvalue weighted by atomic mass is 32.2. The Morgan fingerprint density at radius 2 is 1.93 bits per heavy atom. The molecule has 10 nitrogen and oxygen atoms in total. The van der Waals surface area contributed by atoms with Gasteiger partial charge in [-0.2, -0.15) is 11.8 Å². The van der Waals surface area contributed by atoms with Gasteiger partial charge in [0.1, 0.15) is 11.6 Å². The fourth-order valence-corrected chi connectivity index (χ4v) is 6.03. The van der Waals surface area contributed by atoms with Crippen LogP contribution in [0.2, 0.25) is 0 Å². The average molecular weight is 597 g/mol. The second-order valence-electron chi connectivity index (χ2n) is 12.4. The predicted molar refractivity (Wildman–Crippen MR) is 162 cm³/mol. The van der Waals surface area contributed by atoms with Gasteiger partial charge in [-0.3, -0.25) is 14.4 Å². The number of carbonyl (C=O) groups is 4. The van der Waals surface area contributed by atoms with E-state index < -0.39 is 29.7 Å². The number of rotatable bonds is 7. The van der Waals surface area contributed by atoms with E-state index in [1.807, 2.05) is 20.8 Å². The quantitative estimate of drug-likeness (QED) is 0.262. The van der Waals surface area contributed by atoms with Crippen LogP contribution in [0.15, 0.2) is 12.2 Å². The number of unbranched alkanes of at least 4 members (excludes halogenated alkanes) is 1. The highest BCUT2D eigenvalue weighted by molar-refractivity contribution is 7.99. The van der Waals surface area contributed by atoms with Crippen molar-refractivity contribution in [2.24, 2.45) is 17.8 Å². The maximum Gasteiger partial charge on any atom is 0.410 e. The van der Waals surface area contributed by atoms with Crippen LogP contribution in [0.3, 0.4) is 0 Å². The molecule has 0 spiro atoms. The first-order valence-electron chi connectivity index (χ1n) is 15.1. The van der Waals surface area contributed by atoms with Gasteiger partial charge in [0.15, 0.2) is 0 Å². The number of allylic oxidation sites excluding steroid dienone is 1. The summed E-state index contributed by atoms with van der Waals surface area (Å²) in [5.41, 5.74) is -0.596. The lowest BCUT2D eigenvalue weighted by atomic mass is 9.81. The van der Waals surface area contributed by atoms with Crippen LogP contribution in [-0.2, 0) is 19.1 Å². The minimum Gasteiger partial charge on any atom is -0.444 e. The van der Waals surface area contributed by atoms with Crippen LogP contribution in [0, 0.1) is 17.8 Å². The molecule has 1 fully saturated rings. The Morgan fingerprint density at radius 3 is 2.61 bits per heavy atom. The summed E-state index contributed by atoms with van der Waals surface area (Å²) >= 11 is 1.59. The number of hydrogen-bond acceptors (Lipinski definition) is 7. The lowest BCUT2D eigenvalue weighted by Gasteiger charge is -2.38. The zero-order valence-electron chi connectivity index (χ0n) is 25.7. The molecule has 1 saturated heterocycles. The number of aliphatic hydroxyl groups excluding tert-OH is 1. The van der Waals surface area contributed by atoms with E-state index in [0.717, 1.165) is 25.7 Å². The largest absolute Gasteiger partial charge is 0.444 e. The number of nitrogens with one attached hydrogen (secondary N) is 3. The van der Waals surface area contributed by atoms with Crippen molar-refractivity contribution < 1.29 is 29.0 Å². The van der Waals surface area contributed by atoms with Gasteiger partial charge < -0.3 is 30.7 Å². The summed E-state index contributed by atoms with van der Waals surface area (Å²) in [5.74, 6) is -0.306. The molecule has 2 aliphatic heterocycles. The zero-order valence-corrected chi connectivity index (χ0v) is 26.6. The van der Waals surface area contributed by atoms with E-state index in [1.165, 1.54) is 0 Å². The number of aliphatic hydroxyl groups is 1. The number of piperidine rings is 1. The number of thioether (sulfide) groups is 1. The van der Waals surface area contributed by atoms with E-state index in [1.54, 1.807) is 30.5 Å². The Bertz CT molecular complexity index is 908. The molecule has 11 heteroatoms. The summed E-state index contributed by atoms with van der Waals surface area (Å²) < 4.78 is 5.56. The van der Waals surface area contributed by atoms with Crippen LogP contribution in [-0.4, -0.2) is 88.7 Å². The van der Waals surface area contributed by atoms with Gasteiger partial charge >= 0.3 is 6.09 Å². The highest BCUT2D eigenvalue weighted by Crippen LogP contribution is 2.29. The maximum absolute atomic E-state index is 13.3. The molecule has 2 aliphatic rings. The van der Waals surface area contributed by atoms with Gasteiger partial charge in [0.2, 0.25) is 17.7 Å². The Hall–Kier alpha value is -2.27. The molecule has 4 amide bonds. The van der Waals surface area contributed by atoms with Crippen molar-refractivity contribution in [3.63, 3.8) is 0 Å². The van der Waals surface area contributed by atoms with Gasteiger partial charge in [-0.25, -0.2) is 4.79 Å². The molecule has 2 heterocycles. The smallest absolute Gasteiger partial charge is 0.410 e. The van der Waals surface area contributed by atoms with Gasteiger partial charge in [-0.1, -0.05) is 32.4 Å². The van der Waals surface area contributed by atoms with Crippen LogP contribution < -0.4 is 16.0 Å². The van der Waals surface area contributed by atoms with Crippen molar-refractivity contribution in [3.8, 4) is 0 Å². The third-order valence-corrected chi connectivity index (χ3v) is 8.54. The first kappa shape index (κ1) is 34.9. The first-order chi connectivity index (χ1) is 19.3.